The SMILES string of the molecule is Cc1cncc(C(=O)N2CCN(c3nc(C4CC4)c4c(c3C#N)CC(C)(C)OC4)CC2C(C)C)c1. The highest BCUT2D eigenvalue weighted by Crippen LogP contribution is 2.46. The second-order valence-electron chi connectivity index (χ2n) is 11.3. The molecule has 3 aliphatic rings. The largest absolute Gasteiger partial charge is 0.370 e. The molecular formula is C28H35N5O2. The molecule has 1 saturated heterocycles. The van der Waals surface area contributed by atoms with E-state index in [9.17, 15) is 10.1 Å². The number of ether oxygens (including phenoxy) is 1. The number of fused-ring (bicyclic) bond motifs is 1. The van der Waals surface area contributed by atoms with Crippen molar-refractivity contribution in [2.45, 2.75) is 78.0 Å². The maximum absolute atomic E-state index is 13.4. The summed E-state index contributed by atoms with van der Waals surface area (Å²) in [4.78, 5) is 27.0. The number of anilines is 1. The number of amides is 1. The first-order valence-corrected chi connectivity index (χ1v) is 12.8. The van der Waals surface area contributed by atoms with Crippen LogP contribution in [0.5, 0.6) is 0 Å². The lowest BCUT2D eigenvalue weighted by atomic mass is 9.87. The topological polar surface area (TPSA) is 82.4 Å². The van der Waals surface area contributed by atoms with E-state index in [1.165, 1.54) is 0 Å². The van der Waals surface area contributed by atoms with Gasteiger partial charge >= 0.3 is 0 Å². The predicted octanol–water partition coefficient (Wildman–Crippen LogP) is 4.37. The number of nitriles is 1. The molecule has 7 heteroatoms. The highest BCUT2D eigenvalue weighted by atomic mass is 16.5. The lowest BCUT2D eigenvalue weighted by Crippen LogP contribution is -2.57. The van der Waals surface area contributed by atoms with E-state index in [0.717, 1.165) is 41.0 Å². The van der Waals surface area contributed by atoms with Crippen molar-refractivity contribution in [3.63, 3.8) is 0 Å². The monoisotopic (exact) mass is 473 g/mol. The van der Waals surface area contributed by atoms with Crippen molar-refractivity contribution in [2.24, 2.45) is 5.92 Å². The van der Waals surface area contributed by atoms with Gasteiger partial charge in [0, 0.05) is 49.9 Å². The molecule has 1 amide bonds. The third-order valence-corrected chi connectivity index (χ3v) is 7.58. The Labute approximate surface area is 208 Å². The van der Waals surface area contributed by atoms with Gasteiger partial charge in [-0.2, -0.15) is 5.26 Å². The molecule has 2 fully saturated rings. The Hall–Kier alpha value is -2.98. The second kappa shape index (κ2) is 8.91. The highest BCUT2D eigenvalue weighted by molar-refractivity contribution is 5.94. The summed E-state index contributed by atoms with van der Waals surface area (Å²) in [6, 6.07) is 4.43. The Morgan fingerprint density at radius 1 is 1.23 bits per heavy atom. The van der Waals surface area contributed by atoms with E-state index < -0.39 is 0 Å². The number of pyridine rings is 2. The minimum atomic E-state index is -0.300. The number of piperazine rings is 1. The Kier molecular flexibility index (Phi) is 6.04. The summed E-state index contributed by atoms with van der Waals surface area (Å²) in [6.07, 6.45) is 6.44. The Balaban J connectivity index is 1.50. The Morgan fingerprint density at radius 3 is 2.66 bits per heavy atom. The average Bonchev–Trinajstić information content (AvgIpc) is 3.67. The molecule has 7 nitrogen and oxygen atoms in total. The third-order valence-electron chi connectivity index (χ3n) is 7.58. The number of nitrogens with zero attached hydrogens (tertiary/aromatic N) is 5. The summed E-state index contributed by atoms with van der Waals surface area (Å²) >= 11 is 0. The molecular weight excluding hydrogens is 438 g/mol. The van der Waals surface area contributed by atoms with E-state index >= 15 is 0 Å². The maximum atomic E-state index is 13.4. The first-order chi connectivity index (χ1) is 16.7. The molecule has 35 heavy (non-hydrogen) atoms. The second-order valence-corrected chi connectivity index (χ2v) is 11.3. The molecule has 0 spiro atoms. The lowest BCUT2D eigenvalue weighted by molar-refractivity contribution is -0.0407. The number of carbonyl (C=O) groups excluding carboxylic acids is 1. The van der Waals surface area contributed by atoms with Gasteiger partial charge in [-0.05, 0) is 56.7 Å². The number of aryl methyl sites for hydroxylation is 1. The van der Waals surface area contributed by atoms with Gasteiger partial charge in [-0.1, -0.05) is 13.8 Å². The standard InChI is InChI=1S/C28H35N5O2/c1-17(2)24-15-32(8-9-33(24)27(34)20-10-18(3)13-30-14-20)26-22(12-29)21-11-28(4,5)35-16-23(21)25(31-26)19-6-7-19/h10,13-14,17,19,24H,6-9,11,15-16H2,1-5H3. The van der Waals surface area contributed by atoms with Crippen LogP contribution in [0.1, 0.15) is 84.8 Å². The van der Waals surface area contributed by atoms with Crippen molar-refractivity contribution in [1.29, 1.82) is 5.26 Å². The number of hydrogen-bond acceptors (Lipinski definition) is 6. The molecule has 1 atom stereocenters. The van der Waals surface area contributed by atoms with E-state index in [1.54, 1.807) is 12.4 Å². The molecule has 1 unspecified atom stereocenters. The molecule has 0 aromatic carbocycles. The molecule has 1 saturated carbocycles. The van der Waals surface area contributed by atoms with Gasteiger partial charge in [-0.15, -0.1) is 0 Å². The molecule has 4 heterocycles. The number of hydrogen-bond donors (Lipinski definition) is 0. The molecule has 1 aliphatic carbocycles. The van der Waals surface area contributed by atoms with Gasteiger partial charge in [0.1, 0.15) is 11.9 Å². The zero-order valence-corrected chi connectivity index (χ0v) is 21.5. The summed E-state index contributed by atoms with van der Waals surface area (Å²) in [5.41, 5.74) is 5.36. The van der Waals surface area contributed by atoms with Crippen LogP contribution >= 0.6 is 0 Å². The van der Waals surface area contributed by atoms with Gasteiger partial charge in [0.25, 0.3) is 5.91 Å². The minimum absolute atomic E-state index is 0.0188. The van der Waals surface area contributed by atoms with Gasteiger partial charge in [0.05, 0.1) is 35.1 Å². The highest BCUT2D eigenvalue weighted by Gasteiger charge is 2.39. The molecule has 0 bridgehead atoms. The van der Waals surface area contributed by atoms with Gasteiger partial charge in [0.2, 0.25) is 0 Å². The fourth-order valence-electron chi connectivity index (χ4n) is 5.48. The summed E-state index contributed by atoms with van der Waals surface area (Å²) in [7, 11) is 0. The fraction of sp³-hybridized carbons (Fsp3) is 0.571. The molecule has 184 valence electrons. The van der Waals surface area contributed by atoms with Crippen molar-refractivity contribution in [2.75, 3.05) is 24.5 Å². The van der Waals surface area contributed by atoms with Crippen LogP contribution in [0.15, 0.2) is 18.5 Å². The van der Waals surface area contributed by atoms with Crippen molar-refractivity contribution >= 4 is 11.7 Å². The van der Waals surface area contributed by atoms with Crippen LogP contribution in [-0.4, -0.2) is 52.1 Å². The zero-order valence-electron chi connectivity index (χ0n) is 21.5. The Bertz CT molecular complexity index is 1190. The van der Waals surface area contributed by atoms with E-state index in [2.05, 4.69) is 43.6 Å². The van der Waals surface area contributed by atoms with Gasteiger partial charge in [0.15, 0.2) is 0 Å². The van der Waals surface area contributed by atoms with Gasteiger partial charge in [-0.25, -0.2) is 4.98 Å². The van der Waals surface area contributed by atoms with Crippen LogP contribution in [0.25, 0.3) is 0 Å². The first-order valence-electron chi connectivity index (χ1n) is 12.8. The lowest BCUT2D eigenvalue weighted by Gasteiger charge is -2.44. The van der Waals surface area contributed by atoms with Gasteiger partial charge < -0.3 is 14.5 Å². The average molecular weight is 474 g/mol. The minimum Gasteiger partial charge on any atom is -0.370 e. The normalized spacial score (nSPS) is 21.6. The zero-order chi connectivity index (χ0) is 24.9. The maximum Gasteiger partial charge on any atom is 0.255 e. The molecule has 0 radical (unpaired) electrons. The Morgan fingerprint density at radius 2 is 2.00 bits per heavy atom. The molecule has 5 rings (SSSR count). The van der Waals surface area contributed by atoms with Gasteiger partial charge in [-0.3, -0.25) is 9.78 Å². The molecule has 2 aromatic rings. The van der Waals surface area contributed by atoms with Crippen LogP contribution in [0.4, 0.5) is 5.82 Å². The summed E-state index contributed by atoms with van der Waals surface area (Å²) in [5, 5.41) is 10.3. The quantitative estimate of drug-likeness (QED) is 0.656. The van der Waals surface area contributed by atoms with Crippen LogP contribution < -0.4 is 4.90 Å². The number of carbonyl (C=O) groups is 1. The summed E-state index contributed by atoms with van der Waals surface area (Å²) in [6.45, 7) is 12.9. The first kappa shape index (κ1) is 23.7. The smallest absolute Gasteiger partial charge is 0.255 e. The fourth-order valence-corrected chi connectivity index (χ4v) is 5.48. The molecule has 2 aliphatic heterocycles. The van der Waals surface area contributed by atoms with Crippen molar-refractivity contribution < 1.29 is 9.53 Å². The van der Waals surface area contributed by atoms with Crippen LogP contribution in [0.3, 0.4) is 0 Å². The number of aromatic nitrogens is 2. The van der Waals surface area contributed by atoms with Crippen molar-refractivity contribution in [1.82, 2.24) is 14.9 Å². The third kappa shape index (κ3) is 4.52. The van der Waals surface area contributed by atoms with Crippen molar-refractivity contribution in [3.05, 3.63) is 52.0 Å². The van der Waals surface area contributed by atoms with Crippen LogP contribution in [0.2, 0.25) is 0 Å². The van der Waals surface area contributed by atoms with E-state index in [-0.39, 0.29) is 23.5 Å². The summed E-state index contributed by atoms with van der Waals surface area (Å²) in [5.74, 6) is 1.55. The van der Waals surface area contributed by atoms with Crippen LogP contribution in [0, 0.1) is 24.2 Å². The predicted molar refractivity (Wildman–Crippen MR) is 134 cm³/mol. The molecule has 0 N–H and O–H groups in total. The number of rotatable bonds is 4. The van der Waals surface area contributed by atoms with E-state index in [4.69, 9.17) is 9.72 Å². The molecule has 2 aromatic heterocycles. The van der Waals surface area contributed by atoms with Crippen molar-refractivity contribution in [3.8, 4) is 6.07 Å². The van der Waals surface area contributed by atoms with Crippen LogP contribution in [-0.2, 0) is 17.8 Å². The van der Waals surface area contributed by atoms with E-state index in [1.807, 2.05) is 17.9 Å². The van der Waals surface area contributed by atoms with E-state index in [0.29, 0.717) is 49.7 Å². The summed E-state index contributed by atoms with van der Waals surface area (Å²) < 4.78 is 6.12.